The normalized spacial score (nSPS) is 19.4. The van der Waals surface area contributed by atoms with Crippen LogP contribution in [0.4, 0.5) is 0 Å². The standard InChI is InChI=1S/C20H24BNO2S/c1-14(18-22-13-15(2)25-18)10-11-16-8-7-9-17(12-16)21-23-19(3,4)20(5,6)24-21/h7-9,12-14H,1-6H3/t14-/m0/s1. The molecular formula is C20H24BNO2S. The number of aryl methyl sites for hydroxylation is 1. The molecule has 1 atom stereocenters. The molecule has 0 bridgehead atoms. The van der Waals surface area contributed by atoms with Gasteiger partial charge in [0, 0.05) is 16.6 Å². The first kappa shape index (κ1) is 18.2. The van der Waals surface area contributed by atoms with Crippen molar-refractivity contribution in [3.63, 3.8) is 0 Å². The van der Waals surface area contributed by atoms with Gasteiger partial charge in [-0.2, -0.15) is 0 Å². The Balaban J connectivity index is 1.78. The van der Waals surface area contributed by atoms with E-state index in [1.807, 2.05) is 24.4 Å². The fourth-order valence-electron chi connectivity index (χ4n) is 2.57. The van der Waals surface area contributed by atoms with Crippen molar-refractivity contribution in [1.82, 2.24) is 4.98 Å². The highest BCUT2D eigenvalue weighted by atomic mass is 32.1. The Kier molecular flexibility index (Phi) is 4.81. The van der Waals surface area contributed by atoms with Crippen molar-refractivity contribution in [2.75, 3.05) is 0 Å². The second-order valence-corrected chi connectivity index (χ2v) is 8.78. The molecule has 1 aromatic carbocycles. The Morgan fingerprint density at radius 1 is 1.16 bits per heavy atom. The van der Waals surface area contributed by atoms with Crippen LogP contribution < -0.4 is 5.46 Å². The highest BCUT2D eigenvalue weighted by molar-refractivity contribution is 7.11. The Morgan fingerprint density at radius 3 is 2.44 bits per heavy atom. The molecule has 3 nitrogen and oxygen atoms in total. The van der Waals surface area contributed by atoms with Crippen LogP contribution >= 0.6 is 11.3 Å². The summed E-state index contributed by atoms with van der Waals surface area (Å²) in [6.45, 7) is 12.4. The van der Waals surface area contributed by atoms with Crippen LogP contribution in [0, 0.1) is 18.8 Å². The molecule has 25 heavy (non-hydrogen) atoms. The summed E-state index contributed by atoms with van der Waals surface area (Å²) in [4.78, 5) is 5.63. The summed E-state index contributed by atoms with van der Waals surface area (Å²) >= 11 is 1.70. The number of aromatic nitrogens is 1. The highest BCUT2D eigenvalue weighted by Crippen LogP contribution is 2.36. The summed E-state index contributed by atoms with van der Waals surface area (Å²) in [5.74, 6) is 6.68. The fraction of sp³-hybridized carbons (Fsp3) is 0.450. The molecule has 2 heterocycles. The van der Waals surface area contributed by atoms with Gasteiger partial charge in [0.1, 0.15) is 5.01 Å². The molecule has 2 aromatic rings. The van der Waals surface area contributed by atoms with Gasteiger partial charge in [-0.25, -0.2) is 4.98 Å². The van der Waals surface area contributed by atoms with E-state index in [-0.39, 0.29) is 24.2 Å². The fourth-order valence-corrected chi connectivity index (χ4v) is 3.34. The van der Waals surface area contributed by atoms with Crippen LogP contribution in [0.3, 0.4) is 0 Å². The minimum Gasteiger partial charge on any atom is -0.399 e. The predicted molar refractivity (Wildman–Crippen MR) is 104 cm³/mol. The molecule has 1 saturated heterocycles. The van der Waals surface area contributed by atoms with Gasteiger partial charge in [-0.1, -0.05) is 24.0 Å². The molecule has 1 aliphatic heterocycles. The first-order valence-electron chi connectivity index (χ1n) is 8.57. The Morgan fingerprint density at radius 2 is 1.84 bits per heavy atom. The van der Waals surface area contributed by atoms with Gasteiger partial charge in [0.05, 0.1) is 17.1 Å². The van der Waals surface area contributed by atoms with Crippen molar-refractivity contribution >= 4 is 23.9 Å². The van der Waals surface area contributed by atoms with Crippen LogP contribution in [0.15, 0.2) is 30.5 Å². The summed E-state index contributed by atoms with van der Waals surface area (Å²) in [6, 6.07) is 8.10. The third-order valence-corrected chi connectivity index (χ3v) is 5.95. The van der Waals surface area contributed by atoms with Gasteiger partial charge in [0.15, 0.2) is 0 Å². The number of hydrogen-bond acceptors (Lipinski definition) is 4. The largest absolute Gasteiger partial charge is 0.494 e. The van der Waals surface area contributed by atoms with Crippen molar-refractivity contribution in [1.29, 1.82) is 0 Å². The Bertz CT molecular complexity index is 815. The van der Waals surface area contributed by atoms with Gasteiger partial charge < -0.3 is 9.31 Å². The zero-order valence-electron chi connectivity index (χ0n) is 15.7. The zero-order chi connectivity index (χ0) is 18.2. The number of rotatable bonds is 2. The quantitative estimate of drug-likeness (QED) is 0.606. The number of hydrogen-bond donors (Lipinski definition) is 0. The van der Waals surface area contributed by atoms with E-state index in [0.29, 0.717) is 0 Å². The lowest BCUT2D eigenvalue weighted by atomic mass is 9.78. The summed E-state index contributed by atoms with van der Waals surface area (Å²) in [6.07, 6.45) is 1.90. The van der Waals surface area contributed by atoms with Crippen molar-refractivity contribution in [2.45, 2.75) is 58.7 Å². The minimum atomic E-state index is -0.356. The molecule has 5 heteroatoms. The van der Waals surface area contributed by atoms with Gasteiger partial charge in [-0.05, 0) is 59.1 Å². The van der Waals surface area contributed by atoms with Gasteiger partial charge in [0.2, 0.25) is 0 Å². The third kappa shape index (κ3) is 3.82. The molecule has 130 valence electrons. The molecule has 0 spiro atoms. The minimum absolute atomic E-state index is 0.124. The molecule has 1 aliphatic rings. The number of benzene rings is 1. The maximum absolute atomic E-state index is 6.12. The molecule has 3 rings (SSSR count). The third-order valence-electron chi connectivity index (χ3n) is 4.85. The first-order chi connectivity index (χ1) is 11.7. The molecule has 0 amide bonds. The van der Waals surface area contributed by atoms with Crippen molar-refractivity contribution in [3.05, 3.63) is 45.9 Å². The average molecular weight is 353 g/mol. The van der Waals surface area contributed by atoms with E-state index in [1.165, 1.54) is 4.88 Å². The lowest BCUT2D eigenvalue weighted by Gasteiger charge is -2.32. The second-order valence-electron chi connectivity index (χ2n) is 7.51. The number of thiazole rings is 1. The molecule has 0 radical (unpaired) electrons. The summed E-state index contributed by atoms with van der Waals surface area (Å²) in [5, 5.41) is 1.06. The number of nitrogens with zero attached hydrogens (tertiary/aromatic N) is 1. The SMILES string of the molecule is Cc1cnc([C@@H](C)C#Cc2cccc(B3OC(C)(C)C(C)(C)O3)c2)s1. The van der Waals surface area contributed by atoms with E-state index in [2.05, 4.69) is 64.4 Å². The summed E-state index contributed by atoms with van der Waals surface area (Å²) in [5.41, 5.74) is 1.29. The molecule has 0 aliphatic carbocycles. The van der Waals surface area contributed by atoms with Crippen LogP contribution in [-0.2, 0) is 9.31 Å². The van der Waals surface area contributed by atoms with Gasteiger partial charge in [0.25, 0.3) is 0 Å². The lowest BCUT2D eigenvalue weighted by molar-refractivity contribution is 0.00578. The summed E-state index contributed by atoms with van der Waals surface area (Å²) in [7, 11) is -0.356. The Hall–Kier alpha value is -1.61. The zero-order valence-corrected chi connectivity index (χ0v) is 16.5. The second kappa shape index (κ2) is 6.61. The van der Waals surface area contributed by atoms with Crippen LogP contribution in [0.25, 0.3) is 0 Å². The monoisotopic (exact) mass is 353 g/mol. The van der Waals surface area contributed by atoms with E-state index in [9.17, 15) is 0 Å². The maximum Gasteiger partial charge on any atom is 0.494 e. The topological polar surface area (TPSA) is 31.4 Å². The highest BCUT2D eigenvalue weighted by Gasteiger charge is 2.51. The summed E-state index contributed by atoms with van der Waals surface area (Å²) < 4.78 is 12.2. The van der Waals surface area contributed by atoms with E-state index in [0.717, 1.165) is 16.0 Å². The van der Waals surface area contributed by atoms with E-state index < -0.39 is 0 Å². The maximum atomic E-state index is 6.12. The van der Waals surface area contributed by atoms with Gasteiger partial charge in [-0.15, -0.1) is 11.3 Å². The van der Waals surface area contributed by atoms with E-state index in [1.54, 1.807) is 11.3 Å². The van der Waals surface area contributed by atoms with E-state index >= 15 is 0 Å². The van der Waals surface area contributed by atoms with Crippen LogP contribution in [0.1, 0.15) is 56.0 Å². The Labute approximate surface area is 154 Å². The molecule has 0 unspecified atom stereocenters. The van der Waals surface area contributed by atoms with Crippen LogP contribution in [0.2, 0.25) is 0 Å². The molecule has 0 N–H and O–H groups in total. The molecule has 1 fully saturated rings. The predicted octanol–water partition coefficient (Wildman–Crippen LogP) is 3.91. The molecule has 0 saturated carbocycles. The van der Waals surface area contributed by atoms with Crippen molar-refractivity contribution < 1.29 is 9.31 Å². The van der Waals surface area contributed by atoms with Crippen LogP contribution in [-0.4, -0.2) is 23.3 Å². The molecular weight excluding hydrogens is 329 g/mol. The smallest absolute Gasteiger partial charge is 0.399 e. The lowest BCUT2D eigenvalue weighted by Crippen LogP contribution is -2.41. The average Bonchev–Trinajstić information content (AvgIpc) is 3.06. The first-order valence-corrected chi connectivity index (χ1v) is 9.39. The van der Waals surface area contributed by atoms with Crippen LogP contribution in [0.5, 0.6) is 0 Å². The van der Waals surface area contributed by atoms with Gasteiger partial charge >= 0.3 is 7.12 Å². The van der Waals surface area contributed by atoms with Crippen molar-refractivity contribution in [2.24, 2.45) is 0 Å². The molecule has 1 aromatic heterocycles. The van der Waals surface area contributed by atoms with Gasteiger partial charge in [-0.3, -0.25) is 0 Å². The van der Waals surface area contributed by atoms with Crippen molar-refractivity contribution in [3.8, 4) is 11.8 Å². The van der Waals surface area contributed by atoms with E-state index in [4.69, 9.17) is 9.31 Å².